The summed E-state index contributed by atoms with van der Waals surface area (Å²) in [6.07, 6.45) is 1.81. The molecule has 20 heavy (non-hydrogen) atoms. The molecule has 1 aromatic rings. The SMILES string of the molecule is COCC1CCN(C(=O)c2cccc(F)c2NN)CC1. The predicted octanol–water partition coefficient (Wildman–Crippen LogP) is 1.61. The van der Waals surface area contributed by atoms with Crippen molar-refractivity contribution in [2.75, 3.05) is 32.2 Å². The molecule has 1 aromatic carbocycles. The van der Waals surface area contributed by atoms with E-state index in [1.807, 2.05) is 0 Å². The fourth-order valence-corrected chi connectivity index (χ4v) is 2.56. The number of methoxy groups -OCH3 is 1. The number of hydrogen-bond donors (Lipinski definition) is 2. The molecule has 1 aliphatic rings. The number of likely N-dealkylation sites (tertiary alicyclic amines) is 1. The molecule has 2 rings (SSSR count). The van der Waals surface area contributed by atoms with Gasteiger partial charge in [-0.15, -0.1) is 0 Å². The number of carbonyl (C=O) groups excluding carboxylic acids is 1. The number of piperidine rings is 1. The van der Waals surface area contributed by atoms with Gasteiger partial charge in [0.15, 0.2) is 0 Å². The van der Waals surface area contributed by atoms with E-state index < -0.39 is 5.82 Å². The molecule has 5 nitrogen and oxygen atoms in total. The normalized spacial score (nSPS) is 16.2. The number of hydrazine groups is 1. The molecule has 0 saturated carbocycles. The molecule has 1 heterocycles. The standard InChI is InChI=1S/C14H20FN3O2/c1-20-9-10-5-7-18(8-6-10)14(19)11-3-2-4-12(15)13(11)17-16/h2-4,10,17H,5-9,16H2,1H3. The van der Waals surface area contributed by atoms with Gasteiger partial charge >= 0.3 is 0 Å². The van der Waals surface area contributed by atoms with E-state index >= 15 is 0 Å². The lowest BCUT2D eigenvalue weighted by atomic mass is 9.97. The lowest BCUT2D eigenvalue weighted by molar-refractivity contribution is 0.0614. The van der Waals surface area contributed by atoms with Crippen molar-refractivity contribution in [1.82, 2.24) is 4.90 Å². The number of ether oxygens (including phenoxy) is 1. The Bertz CT molecular complexity index is 473. The molecule has 0 aromatic heterocycles. The first-order valence-corrected chi connectivity index (χ1v) is 6.70. The van der Waals surface area contributed by atoms with Gasteiger partial charge in [-0.05, 0) is 30.9 Å². The van der Waals surface area contributed by atoms with Crippen LogP contribution in [-0.2, 0) is 4.74 Å². The summed E-state index contributed by atoms with van der Waals surface area (Å²) in [7, 11) is 1.68. The van der Waals surface area contributed by atoms with E-state index in [-0.39, 0.29) is 17.2 Å². The summed E-state index contributed by atoms with van der Waals surface area (Å²) in [4.78, 5) is 14.2. The molecule has 1 fully saturated rings. The Morgan fingerprint density at radius 1 is 1.50 bits per heavy atom. The lowest BCUT2D eigenvalue weighted by Gasteiger charge is -2.32. The van der Waals surface area contributed by atoms with Crippen LogP contribution >= 0.6 is 0 Å². The van der Waals surface area contributed by atoms with Crippen LogP contribution in [0.2, 0.25) is 0 Å². The third-order valence-corrected chi connectivity index (χ3v) is 3.69. The third-order valence-electron chi connectivity index (χ3n) is 3.69. The molecule has 0 spiro atoms. The van der Waals surface area contributed by atoms with Gasteiger partial charge in [0.2, 0.25) is 0 Å². The highest BCUT2D eigenvalue weighted by molar-refractivity contribution is 5.99. The second kappa shape index (κ2) is 6.67. The van der Waals surface area contributed by atoms with Crippen molar-refractivity contribution in [1.29, 1.82) is 0 Å². The van der Waals surface area contributed by atoms with Crippen LogP contribution in [0.3, 0.4) is 0 Å². The Kier molecular flexibility index (Phi) is 4.92. The van der Waals surface area contributed by atoms with Crippen molar-refractivity contribution in [3.8, 4) is 0 Å². The number of para-hydroxylation sites is 1. The predicted molar refractivity (Wildman–Crippen MR) is 74.7 cm³/mol. The quantitative estimate of drug-likeness (QED) is 0.650. The third kappa shape index (κ3) is 3.08. The summed E-state index contributed by atoms with van der Waals surface area (Å²) in [5, 5.41) is 0. The van der Waals surface area contributed by atoms with Crippen LogP contribution in [0.1, 0.15) is 23.2 Å². The van der Waals surface area contributed by atoms with Gasteiger partial charge in [-0.1, -0.05) is 6.07 Å². The summed E-state index contributed by atoms with van der Waals surface area (Å²) < 4.78 is 18.7. The Hall–Kier alpha value is -1.66. The van der Waals surface area contributed by atoms with Crippen LogP contribution in [-0.4, -0.2) is 37.6 Å². The zero-order valence-corrected chi connectivity index (χ0v) is 11.6. The van der Waals surface area contributed by atoms with Crippen molar-refractivity contribution >= 4 is 11.6 Å². The first-order chi connectivity index (χ1) is 9.67. The highest BCUT2D eigenvalue weighted by Crippen LogP contribution is 2.24. The van der Waals surface area contributed by atoms with Crippen molar-refractivity contribution in [3.63, 3.8) is 0 Å². The van der Waals surface area contributed by atoms with E-state index in [2.05, 4.69) is 5.43 Å². The molecule has 6 heteroatoms. The molecule has 0 atom stereocenters. The van der Waals surface area contributed by atoms with Crippen LogP contribution in [0, 0.1) is 11.7 Å². The van der Waals surface area contributed by atoms with Gasteiger partial charge in [0, 0.05) is 26.8 Å². The van der Waals surface area contributed by atoms with Crippen LogP contribution < -0.4 is 11.3 Å². The van der Waals surface area contributed by atoms with Crippen LogP contribution in [0.25, 0.3) is 0 Å². The fraction of sp³-hybridized carbons (Fsp3) is 0.500. The second-order valence-corrected chi connectivity index (χ2v) is 5.00. The van der Waals surface area contributed by atoms with Gasteiger partial charge in [0.05, 0.1) is 11.3 Å². The van der Waals surface area contributed by atoms with Gasteiger partial charge in [0.1, 0.15) is 5.82 Å². The molecule has 3 N–H and O–H groups in total. The second-order valence-electron chi connectivity index (χ2n) is 5.00. The average molecular weight is 281 g/mol. The molecule has 1 amide bonds. The van der Waals surface area contributed by atoms with E-state index in [1.165, 1.54) is 12.1 Å². The zero-order chi connectivity index (χ0) is 14.5. The Morgan fingerprint density at radius 2 is 2.20 bits per heavy atom. The van der Waals surface area contributed by atoms with Gasteiger partial charge in [-0.2, -0.15) is 0 Å². The molecule has 0 aliphatic carbocycles. The van der Waals surface area contributed by atoms with Crippen molar-refractivity contribution < 1.29 is 13.9 Å². The average Bonchev–Trinajstić information content (AvgIpc) is 2.47. The number of hydrogen-bond acceptors (Lipinski definition) is 4. The van der Waals surface area contributed by atoms with Crippen LogP contribution in [0.5, 0.6) is 0 Å². The number of amides is 1. The molecule has 1 aliphatic heterocycles. The number of nitrogens with zero attached hydrogens (tertiary/aromatic N) is 1. The molecule has 0 unspecified atom stereocenters. The minimum Gasteiger partial charge on any atom is -0.384 e. The van der Waals surface area contributed by atoms with Gasteiger partial charge in [-0.3, -0.25) is 10.6 Å². The van der Waals surface area contributed by atoms with Crippen LogP contribution in [0.4, 0.5) is 10.1 Å². The molecule has 0 radical (unpaired) electrons. The molecule has 110 valence electrons. The Labute approximate surface area is 117 Å². The summed E-state index contributed by atoms with van der Waals surface area (Å²) in [6, 6.07) is 4.37. The summed E-state index contributed by atoms with van der Waals surface area (Å²) in [5.74, 6) is 5.09. The molecular formula is C14H20FN3O2. The fourth-order valence-electron chi connectivity index (χ4n) is 2.56. The lowest BCUT2D eigenvalue weighted by Crippen LogP contribution is -2.39. The van der Waals surface area contributed by atoms with Gasteiger partial charge < -0.3 is 15.1 Å². The maximum Gasteiger partial charge on any atom is 0.256 e. The number of halogens is 1. The van der Waals surface area contributed by atoms with E-state index in [0.29, 0.717) is 19.0 Å². The number of nitrogen functional groups attached to an aromatic ring is 1. The summed E-state index contributed by atoms with van der Waals surface area (Å²) in [6.45, 7) is 2.04. The number of nitrogens with one attached hydrogen (secondary N) is 1. The topological polar surface area (TPSA) is 67.6 Å². The van der Waals surface area contributed by atoms with Crippen molar-refractivity contribution in [2.24, 2.45) is 11.8 Å². The highest BCUT2D eigenvalue weighted by atomic mass is 19.1. The minimum absolute atomic E-state index is 0.0523. The monoisotopic (exact) mass is 281 g/mol. The first-order valence-electron chi connectivity index (χ1n) is 6.70. The molecule has 0 bridgehead atoms. The maximum atomic E-state index is 13.6. The Balaban J connectivity index is 2.08. The van der Waals surface area contributed by atoms with Crippen molar-refractivity contribution in [2.45, 2.75) is 12.8 Å². The van der Waals surface area contributed by atoms with E-state index in [1.54, 1.807) is 18.1 Å². The highest BCUT2D eigenvalue weighted by Gasteiger charge is 2.25. The van der Waals surface area contributed by atoms with E-state index in [9.17, 15) is 9.18 Å². The molecule has 1 saturated heterocycles. The first kappa shape index (κ1) is 14.7. The van der Waals surface area contributed by atoms with Crippen LogP contribution in [0.15, 0.2) is 18.2 Å². The van der Waals surface area contributed by atoms with Crippen molar-refractivity contribution in [3.05, 3.63) is 29.6 Å². The number of anilines is 1. The number of nitrogens with two attached hydrogens (primary N) is 1. The maximum absolute atomic E-state index is 13.6. The number of benzene rings is 1. The molecular weight excluding hydrogens is 261 g/mol. The summed E-state index contributed by atoms with van der Waals surface area (Å²) in [5.41, 5.74) is 2.60. The number of rotatable bonds is 4. The van der Waals surface area contributed by atoms with E-state index in [0.717, 1.165) is 19.4 Å². The van der Waals surface area contributed by atoms with Gasteiger partial charge in [-0.25, -0.2) is 4.39 Å². The van der Waals surface area contributed by atoms with Gasteiger partial charge in [0.25, 0.3) is 5.91 Å². The Morgan fingerprint density at radius 3 is 2.80 bits per heavy atom. The largest absolute Gasteiger partial charge is 0.384 e. The zero-order valence-electron chi connectivity index (χ0n) is 11.6. The summed E-state index contributed by atoms with van der Waals surface area (Å²) >= 11 is 0. The number of carbonyl (C=O) groups is 1. The smallest absolute Gasteiger partial charge is 0.256 e. The minimum atomic E-state index is -0.521. The van der Waals surface area contributed by atoms with E-state index in [4.69, 9.17) is 10.6 Å².